The molecule has 0 rings (SSSR count). The summed E-state index contributed by atoms with van der Waals surface area (Å²) in [5.74, 6) is -50.2. The summed E-state index contributed by atoms with van der Waals surface area (Å²) < 4.78 is 258. The van der Waals surface area contributed by atoms with Gasteiger partial charge in [0.15, 0.2) is 0 Å². The molecule has 0 saturated carbocycles. The van der Waals surface area contributed by atoms with Gasteiger partial charge >= 0.3 is 91.4 Å². The molecule has 0 bridgehead atoms. The minimum atomic E-state index is -6.61. The second-order valence-corrected chi connectivity index (χ2v) is 14.3. The van der Waals surface area contributed by atoms with Gasteiger partial charge in [0.25, 0.3) is 0 Å². The Kier molecular flexibility index (Phi) is 20.3. The number of carbonyl (C=O) groups is 3. The SMILES string of the molecule is CC(C)(C)/C([O-])=C/C(=O)C(F)(F)C(F)(F)C(F)(F)F.CC(C)(C)/C([O-])=C/C(=O)C(F)(F)C(F)(F)C(F)(F)F.CC(C)(C)/C([O-])=C/C(=O)C(F)(F)C(F)(F)C(F)(F)F.[Er+3]. The molecule has 0 aromatic rings. The van der Waals surface area contributed by atoms with E-state index in [1.54, 1.807) is 0 Å². The standard InChI is InChI=1S/3C10H11F7O2.Er/c3*1-7(2,3)5(18)4-6(19)8(11,12)9(13,14)10(15,16)17;/h3*4,18H,1-3H3;/q;;;+3/p-3/b3*5-4-;. The zero-order valence-electron chi connectivity index (χ0n) is 30.4. The van der Waals surface area contributed by atoms with Crippen molar-refractivity contribution in [3.05, 3.63) is 35.5 Å². The molecule has 58 heavy (non-hydrogen) atoms. The van der Waals surface area contributed by atoms with Crippen LogP contribution in [0.3, 0.4) is 0 Å². The van der Waals surface area contributed by atoms with Crippen LogP contribution in [0.25, 0.3) is 0 Å². The van der Waals surface area contributed by atoms with Crippen LogP contribution in [0.2, 0.25) is 0 Å². The van der Waals surface area contributed by atoms with Crippen molar-refractivity contribution < 1.29 is 159 Å². The van der Waals surface area contributed by atoms with Crippen LogP contribution >= 0.6 is 0 Å². The zero-order valence-corrected chi connectivity index (χ0v) is 32.3. The van der Waals surface area contributed by atoms with E-state index in [9.17, 15) is 122 Å². The van der Waals surface area contributed by atoms with Gasteiger partial charge in [0, 0.05) is 0 Å². The zero-order chi connectivity index (χ0) is 47.6. The molecule has 0 N–H and O–H groups in total. The van der Waals surface area contributed by atoms with Crippen LogP contribution in [0.15, 0.2) is 35.5 Å². The smallest absolute Gasteiger partial charge is 0.875 e. The summed E-state index contributed by atoms with van der Waals surface area (Å²) in [5.41, 5.74) is -4.09. The van der Waals surface area contributed by atoms with Gasteiger partial charge in [-0.15, -0.1) is 17.3 Å². The van der Waals surface area contributed by atoms with Gasteiger partial charge < -0.3 is 15.3 Å². The van der Waals surface area contributed by atoms with Crippen molar-refractivity contribution in [1.29, 1.82) is 0 Å². The van der Waals surface area contributed by atoms with E-state index in [0.29, 0.717) is 0 Å². The summed E-state index contributed by atoms with van der Waals surface area (Å²) >= 11 is 0. The van der Waals surface area contributed by atoms with E-state index >= 15 is 0 Å². The monoisotopic (exact) mass is 1050 g/mol. The molecular formula is C30H30ErF21O6. The van der Waals surface area contributed by atoms with E-state index < -0.39 is 123 Å². The molecule has 0 aliphatic rings. The van der Waals surface area contributed by atoms with Crippen molar-refractivity contribution in [3.8, 4) is 0 Å². The first-order valence-corrected chi connectivity index (χ1v) is 14.4. The van der Waals surface area contributed by atoms with Crippen LogP contribution in [0.4, 0.5) is 92.2 Å². The third-order valence-electron chi connectivity index (χ3n) is 6.18. The third kappa shape index (κ3) is 14.8. The van der Waals surface area contributed by atoms with E-state index in [0.717, 1.165) is 0 Å². The third-order valence-corrected chi connectivity index (χ3v) is 6.18. The largest absolute Gasteiger partial charge is 3.00 e. The van der Waals surface area contributed by atoms with Crippen molar-refractivity contribution in [2.75, 3.05) is 0 Å². The van der Waals surface area contributed by atoms with Crippen molar-refractivity contribution in [2.45, 2.75) is 116 Å². The molecule has 0 aromatic heterocycles. The maximum Gasteiger partial charge on any atom is 3.00 e. The summed E-state index contributed by atoms with van der Waals surface area (Å²) in [4.78, 5) is 32.4. The Hall–Kier alpha value is -2.59. The fraction of sp³-hybridized carbons (Fsp3) is 0.700. The minimum Gasteiger partial charge on any atom is -0.875 e. The predicted octanol–water partition coefficient (Wildman–Crippen LogP) is 8.04. The van der Waals surface area contributed by atoms with E-state index in [4.69, 9.17) is 0 Å². The first kappa shape index (κ1) is 62.1. The Balaban J connectivity index is -0.000000374. The van der Waals surface area contributed by atoms with Crippen LogP contribution in [-0.2, 0) is 14.4 Å². The van der Waals surface area contributed by atoms with Crippen LogP contribution in [0.5, 0.6) is 0 Å². The maximum absolute atomic E-state index is 12.8. The molecule has 0 atom stereocenters. The van der Waals surface area contributed by atoms with E-state index in [-0.39, 0.29) is 37.3 Å². The number of hydrogen-bond donors (Lipinski definition) is 0. The van der Waals surface area contributed by atoms with Gasteiger partial charge in [0.1, 0.15) is 0 Å². The van der Waals surface area contributed by atoms with Gasteiger partial charge in [-0.05, 0) is 34.5 Å². The predicted molar refractivity (Wildman–Crippen MR) is 145 cm³/mol. The van der Waals surface area contributed by atoms with E-state index in [1.807, 2.05) is 0 Å². The van der Waals surface area contributed by atoms with Crippen molar-refractivity contribution >= 4 is 17.3 Å². The molecule has 0 amide bonds. The summed E-state index contributed by atoms with van der Waals surface area (Å²) in [5, 5.41) is 33.5. The molecule has 0 spiro atoms. The van der Waals surface area contributed by atoms with Gasteiger partial charge in [-0.2, -0.15) is 92.2 Å². The Morgan fingerprint density at radius 3 is 0.534 bits per heavy atom. The van der Waals surface area contributed by atoms with Crippen molar-refractivity contribution in [2.24, 2.45) is 16.2 Å². The van der Waals surface area contributed by atoms with Gasteiger partial charge in [-0.3, -0.25) is 14.4 Å². The van der Waals surface area contributed by atoms with Crippen LogP contribution < -0.4 is 15.3 Å². The van der Waals surface area contributed by atoms with Crippen LogP contribution in [0.1, 0.15) is 62.3 Å². The molecule has 0 aliphatic carbocycles. The molecule has 0 heterocycles. The molecule has 0 aliphatic heterocycles. The summed E-state index contributed by atoms with van der Waals surface area (Å²) in [6, 6.07) is 0. The number of allylic oxidation sites excluding steroid dienone is 6. The van der Waals surface area contributed by atoms with Gasteiger partial charge in [0.05, 0.1) is 0 Å². The fourth-order valence-corrected chi connectivity index (χ4v) is 2.28. The molecule has 0 unspecified atom stereocenters. The van der Waals surface area contributed by atoms with Crippen LogP contribution in [0, 0.1) is 53.6 Å². The molecular weight excluding hydrogens is 1020 g/mol. The van der Waals surface area contributed by atoms with Crippen LogP contribution in [-0.4, -0.2) is 71.4 Å². The molecule has 0 saturated heterocycles. The average molecular weight is 1050 g/mol. The second kappa shape index (κ2) is 19.0. The summed E-state index contributed by atoms with van der Waals surface area (Å²) in [6.07, 6.45) is -21.1. The molecule has 6 nitrogen and oxygen atoms in total. The van der Waals surface area contributed by atoms with Gasteiger partial charge in [0.2, 0.25) is 17.3 Å². The number of carbonyl (C=O) groups excluding carboxylic acids is 3. The molecule has 1 radical (unpaired) electrons. The Bertz CT molecular complexity index is 1350. The normalized spacial score (nSPS) is 15.3. The van der Waals surface area contributed by atoms with Crippen molar-refractivity contribution in [1.82, 2.24) is 0 Å². The second-order valence-electron chi connectivity index (χ2n) is 14.3. The Morgan fingerprint density at radius 1 is 0.328 bits per heavy atom. The topological polar surface area (TPSA) is 120 Å². The molecule has 28 heteroatoms. The average Bonchev–Trinajstić information content (AvgIpc) is 2.93. The van der Waals surface area contributed by atoms with E-state index in [2.05, 4.69) is 0 Å². The number of hydrogen-bond acceptors (Lipinski definition) is 6. The number of rotatable bonds is 9. The first-order valence-electron chi connectivity index (χ1n) is 14.4. The number of halogens is 21. The molecule has 0 aromatic carbocycles. The van der Waals surface area contributed by atoms with Gasteiger partial charge in [-0.25, -0.2) is 0 Å². The minimum absolute atomic E-state index is 0. The summed E-state index contributed by atoms with van der Waals surface area (Å²) in [6.45, 7) is 10.6. The number of alkyl halides is 21. The Morgan fingerprint density at radius 2 is 0.448 bits per heavy atom. The quantitative estimate of drug-likeness (QED) is 0.131. The van der Waals surface area contributed by atoms with Gasteiger partial charge in [-0.1, -0.05) is 62.3 Å². The maximum atomic E-state index is 12.8. The fourth-order valence-electron chi connectivity index (χ4n) is 2.28. The summed E-state index contributed by atoms with van der Waals surface area (Å²) in [7, 11) is 0. The van der Waals surface area contributed by atoms with E-state index in [1.165, 1.54) is 62.3 Å². The first-order chi connectivity index (χ1) is 24.1. The molecule has 345 valence electrons. The number of ketones is 3. The Labute approximate surface area is 343 Å². The molecule has 0 fully saturated rings. The van der Waals surface area contributed by atoms with Crippen molar-refractivity contribution in [3.63, 3.8) is 0 Å².